The summed E-state index contributed by atoms with van der Waals surface area (Å²) in [6.07, 6.45) is 0.637. The van der Waals surface area contributed by atoms with Gasteiger partial charge in [0.05, 0.1) is 19.9 Å². The molecule has 3 N–H and O–H groups in total. The average molecular weight is 611 g/mol. The lowest BCUT2D eigenvalue weighted by Gasteiger charge is -2.27. The first-order chi connectivity index (χ1) is 20.2. The number of fused-ring (bicyclic) bond motifs is 1. The van der Waals surface area contributed by atoms with Crippen LogP contribution in [0.5, 0.6) is 11.5 Å². The highest BCUT2D eigenvalue weighted by Gasteiger charge is 2.27. The zero-order valence-corrected chi connectivity index (χ0v) is 24.1. The maximum atomic E-state index is 14.4. The fourth-order valence-electron chi connectivity index (χ4n) is 4.75. The summed E-state index contributed by atoms with van der Waals surface area (Å²) in [6.45, 7) is 0.415. The lowest BCUT2D eigenvalue weighted by molar-refractivity contribution is 0.262. The zero-order chi connectivity index (χ0) is 29.8. The highest BCUT2D eigenvalue weighted by molar-refractivity contribution is 6.35. The third kappa shape index (κ3) is 6.75. The maximum absolute atomic E-state index is 14.4. The number of carbonyl (C=O) groups is 1. The number of methoxy groups -OCH3 is 2. The molecule has 0 saturated heterocycles. The van der Waals surface area contributed by atoms with Crippen molar-refractivity contribution in [2.75, 3.05) is 36.7 Å². The molecular weight excluding hydrogens is 585 g/mol. The van der Waals surface area contributed by atoms with Crippen LogP contribution in [0.15, 0.2) is 77.8 Å². The van der Waals surface area contributed by atoms with Crippen LogP contribution in [0.1, 0.15) is 22.6 Å². The molecule has 1 unspecified atom stereocenters. The van der Waals surface area contributed by atoms with Crippen molar-refractivity contribution >= 4 is 52.1 Å². The molecule has 7 nitrogen and oxygen atoms in total. The van der Waals surface area contributed by atoms with E-state index in [0.717, 1.165) is 22.8 Å². The Morgan fingerprint density at radius 2 is 1.55 bits per heavy atom. The standard InChI is InChI=1S/C31H26Cl2F2N4O3/c1-41-28-14-24-18(16-36-30(25(24)15-29(28)42-2)39-27-8-5-21(34)13-26(27)35)9-17-3-6-22(7-4-17)37-31(40)38-23-11-19(32)10-20(33)12-23/h3-8,10-15,18H,9,16H2,1-2H3,(H,36,39)(H2,37,38,40). The number of nitrogens with zero attached hydrogens (tertiary/aromatic N) is 1. The van der Waals surface area contributed by atoms with Gasteiger partial charge in [-0.3, -0.25) is 4.99 Å². The van der Waals surface area contributed by atoms with E-state index >= 15 is 0 Å². The summed E-state index contributed by atoms with van der Waals surface area (Å²) in [4.78, 5) is 17.2. The van der Waals surface area contributed by atoms with Crippen LogP contribution in [0.2, 0.25) is 10.0 Å². The number of hydrogen-bond donors (Lipinski definition) is 3. The third-order valence-corrected chi connectivity index (χ3v) is 7.16. The van der Waals surface area contributed by atoms with Crippen LogP contribution in [0.3, 0.4) is 0 Å². The van der Waals surface area contributed by atoms with E-state index in [4.69, 9.17) is 37.7 Å². The number of ether oxygens (including phenoxy) is 2. The quantitative estimate of drug-likeness (QED) is 0.197. The van der Waals surface area contributed by atoms with Gasteiger partial charge in [0.15, 0.2) is 11.5 Å². The van der Waals surface area contributed by atoms with E-state index in [9.17, 15) is 13.6 Å². The molecule has 42 heavy (non-hydrogen) atoms. The van der Waals surface area contributed by atoms with Crippen LogP contribution in [-0.2, 0) is 6.42 Å². The number of anilines is 3. The molecule has 0 radical (unpaired) electrons. The summed E-state index contributed by atoms with van der Waals surface area (Å²) in [5.41, 5.74) is 3.87. The topological polar surface area (TPSA) is 84.0 Å². The van der Waals surface area contributed by atoms with Crippen molar-refractivity contribution in [1.29, 1.82) is 0 Å². The first-order valence-corrected chi connectivity index (χ1v) is 13.6. The highest BCUT2D eigenvalue weighted by Crippen LogP contribution is 2.38. The molecule has 4 aromatic carbocycles. The molecule has 4 aromatic rings. The minimum atomic E-state index is -0.722. The van der Waals surface area contributed by atoms with Crippen LogP contribution >= 0.6 is 23.2 Å². The van der Waals surface area contributed by atoms with Crippen molar-refractivity contribution in [1.82, 2.24) is 0 Å². The van der Waals surface area contributed by atoms with Gasteiger partial charge in [0.25, 0.3) is 0 Å². The Morgan fingerprint density at radius 3 is 2.21 bits per heavy atom. The van der Waals surface area contributed by atoms with Crippen LogP contribution < -0.4 is 25.4 Å². The van der Waals surface area contributed by atoms with Gasteiger partial charge in [-0.2, -0.15) is 0 Å². The molecule has 2 amide bonds. The summed E-state index contributed by atoms with van der Waals surface area (Å²) in [5, 5.41) is 9.33. The largest absolute Gasteiger partial charge is 0.493 e. The van der Waals surface area contributed by atoms with Gasteiger partial charge in [-0.25, -0.2) is 13.6 Å². The molecular formula is C31H26Cl2F2N4O3. The van der Waals surface area contributed by atoms with E-state index in [1.165, 1.54) is 19.2 Å². The molecule has 0 fully saturated rings. The van der Waals surface area contributed by atoms with Gasteiger partial charge in [0.2, 0.25) is 0 Å². The predicted molar refractivity (Wildman–Crippen MR) is 163 cm³/mol. The number of halogens is 4. The van der Waals surface area contributed by atoms with E-state index in [0.29, 0.717) is 51.7 Å². The van der Waals surface area contributed by atoms with E-state index in [1.807, 2.05) is 30.3 Å². The second-order valence-corrected chi connectivity index (χ2v) is 10.4. The number of hydrogen-bond acceptors (Lipinski definition) is 5. The highest BCUT2D eigenvalue weighted by atomic mass is 35.5. The van der Waals surface area contributed by atoms with Crippen molar-refractivity contribution < 1.29 is 23.0 Å². The van der Waals surface area contributed by atoms with Gasteiger partial charge in [0, 0.05) is 45.5 Å². The second kappa shape index (κ2) is 12.7. The SMILES string of the molecule is COc1cc2c(cc1OC)C(Cc1ccc(NC(=O)Nc3cc(Cl)cc(Cl)c3)cc1)CN=C2Nc1ccc(F)cc1F. The Hall–Kier alpha value is -4.34. The molecule has 1 aliphatic heterocycles. The lowest BCUT2D eigenvalue weighted by atomic mass is 9.86. The minimum Gasteiger partial charge on any atom is -0.493 e. The third-order valence-electron chi connectivity index (χ3n) is 6.72. The monoisotopic (exact) mass is 610 g/mol. The van der Waals surface area contributed by atoms with Crippen LogP contribution in [0.25, 0.3) is 0 Å². The fraction of sp³-hybridized carbons (Fsp3) is 0.161. The molecule has 216 valence electrons. The smallest absolute Gasteiger partial charge is 0.323 e. The normalized spacial score (nSPS) is 14.0. The van der Waals surface area contributed by atoms with Crippen LogP contribution in [0, 0.1) is 11.6 Å². The average Bonchev–Trinajstić information content (AvgIpc) is 2.95. The summed E-state index contributed by atoms with van der Waals surface area (Å²) < 4.78 is 38.9. The molecule has 0 aliphatic carbocycles. The van der Waals surface area contributed by atoms with Crippen molar-refractivity contribution in [2.45, 2.75) is 12.3 Å². The Labute approximate surface area is 251 Å². The Kier molecular flexibility index (Phi) is 8.80. The molecule has 1 aliphatic rings. The number of amides is 2. The van der Waals surface area contributed by atoms with Crippen LogP contribution in [-0.4, -0.2) is 32.6 Å². The lowest BCUT2D eigenvalue weighted by Crippen LogP contribution is -2.25. The predicted octanol–water partition coefficient (Wildman–Crippen LogP) is 8.13. The molecule has 0 spiro atoms. The van der Waals surface area contributed by atoms with Crippen molar-refractivity contribution in [2.24, 2.45) is 4.99 Å². The van der Waals surface area contributed by atoms with Crippen molar-refractivity contribution in [3.05, 3.63) is 111 Å². The summed E-state index contributed by atoms with van der Waals surface area (Å²) in [6, 6.07) is 18.9. The Morgan fingerprint density at radius 1 is 0.881 bits per heavy atom. The number of urea groups is 1. The molecule has 0 bridgehead atoms. The van der Waals surface area contributed by atoms with Gasteiger partial charge < -0.3 is 25.4 Å². The van der Waals surface area contributed by atoms with E-state index < -0.39 is 17.7 Å². The second-order valence-electron chi connectivity index (χ2n) is 9.57. The summed E-state index contributed by atoms with van der Waals surface area (Å²) >= 11 is 12.0. The molecule has 5 rings (SSSR count). The number of benzene rings is 4. The van der Waals surface area contributed by atoms with Gasteiger partial charge in [-0.1, -0.05) is 35.3 Å². The number of aliphatic imine (C=N–C) groups is 1. The summed E-state index contributed by atoms with van der Waals surface area (Å²) in [5.74, 6) is 0.0862. The van der Waals surface area contributed by atoms with Gasteiger partial charge >= 0.3 is 6.03 Å². The molecule has 0 saturated carbocycles. The van der Waals surface area contributed by atoms with Gasteiger partial charge in [-0.15, -0.1) is 0 Å². The van der Waals surface area contributed by atoms with E-state index in [1.54, 1.807) is 31.4 Å². The molecule has 11 heteroatoms. The van der Waals surface area contributed by atoms with E-state index in [-0.39, 0.29) is 11.6 Å². The number of amidine groups is 1. The molecule has 0 aromatic heterocycles. The van der Waals surface area contributed by atoms with Crippen molar-refractivity contribution in [3.8, 4) is 11.5 Å². The Balaban J connectivity index is 1.33. The Bertz CT molecular complexity index is 1650. The minimum absolute atomic E-state index is 0.0295. The number of carbonyl (C=O) groups excluding carboxylic acids is 1. The number of rotatable bonds is 7. The van der Waals surface area contributed by atoms with Crippen molar-refractivity contribution in [3.63, 3.8) is 0 Å². The fourth-order valence-corrected chi connectivity index (χ4v) is 5.28. The maximum Gasteiger partial charge on any atom is 0.323 e. The first kappa shape index (κ1) is 29.2. The van der Waals surface area contributed by atoms with Gasteiger partial charge in [0.1, 0.15) is 17.5 Å². The first-order valence-electron chi connectivity index (χ1n) is 12.9. The molecule has 1 atom stereocenters. The van der Waals surface area contributed by atoms with Crippen LogP contribution in [0.4, 0.5) is 30.6 Å². The summed E-state index contributed by atoms with van der Waals surface area (Å²) in [7, 11) is 3.10. The molecule has 1 heterocycles. The van der Waals surface area contributed by atoms with Gasteiger partial charge in [-0.05, 0) is 72.1 Å². The van der Waals surface area contributed by atoms with E-state index in [2.05, 4.69) is 16.0 Å². The zero-order valence-electron chi connectivity index (χ0n) is 22.6. The number of nitrogens with one attached hydrogen (secondary N) is 3.